The number of imidazole rings is 1. The second-order valence-electron chi connectivity index (χ2n) is 5.30. The highest BCUT2D eigenvalue weighted by molar-refractivity contribution is 7.21. The molecule has 5 nitrogen and oxygen atoms in total. The van der Waals surface area contributed by atoms with E-state index in [-0.39, 0.29) is 24.5 Å². The molecule has 0 aliphatic carbocycles. The van der Waals surface area contributed by atoms with Crippen LogP contribution in [0.4, 0.5) is 0 Å². The first-order chi connectivity index (χ1) is 10.1. The van der Waals surface area contributed by atoms with E-state index < -0.39 is 0 Å². The fourth-order valence-corrected chi connectivity index (χ4v) is 4.01. The summed E-state index contributed by atoms with van der Waals surface area (Å²) in [5.74, 6) is 0.199. The lowest BCUT2D eigenvalue weighted by Crippen LogP contribution is -2.38. The van der Waals surface area contributed by atoms with E-state index in [9.17, 15) is 4.79 Å². The van der Waals surface area contributed by atoms with Crippen molar-refractivity contribution >= 4 is 43.9 Å². The molecule has 0 spiro atoms. The fraction of sp³-hybridized carbons (Fsp3) is 0.429. The Hall–Kier alpha value is -1.44. The Bertz CT molecular complexity index is 772. The lowest BCUT2D eigenvalue weighted by molar-refractivity contribution is 0.0921. The first-order valence-corrected chi connectivity index (χ1v) is 8.56. The van der Waals surface area contributed by atoms with E-state index in [0.717, 1.165) is 15.3 Å². The number of thiophene rings is 1. The van der Waals surface area contributed by atoms with Gasteiger partial charge in [0.15, 0.2) is 4.96 Å². The van der Waals surface area contributed by atoms with Crippen LogP contribution in [0.15, 0.2) is 17.6 Å². The number of nitrogens with one attached hydrogen (secondary N) is 1. The molecular weight excluding hydrogens is 306 g/mol. The van der Waals surface area contributed by atoms with Gasteiger partial charge in [-0.25, -0.2) is 4.98 Å². The number of aliphatic hydroxyl groups excluding tert-OH is 1. The largest absolute Gasteiger partial charge is 0.396 e. The average Bonchev–Trinajstić information content (AvgIpc) is 3.08. The summed E-state index contributed by atoms with van der Waals surface area (Å²) in [6.45, 7) is 4.16. The van der Waals surface area contributed by atoms with Crippen LogP contribution in [0, 0.1) is 5.92 Å². The maximum atomic E-state index is 12.4. The lowest BCUT2D eigenvalue weighted by atomic mass is 10.0. The number of aromatic nitrogens is 2. The van der Waals surface area contributed by atoms with Crippen LogP contribution in [0.25, 0.3) is 15.3 Å². The van der Waals surface area contributed by atoms with Crippen LogP contribution in [0.2, 0.25) is 0 Å². The zero-order chi connectivity index (χ0) is 15.0. The van der Waals surface area contributed by atoms with Crippen molar-refractivity contribution in [2.45, 2.75) is 26.3 Å². The third-order valence-corrected chi connectivity index (χ3v) is 5.30. The third-order valence-electron chi connectivity index (χ3n) is 3.52. The normalized spacial score (nSPS) is 13.3. The summed E-state index contributed by atoms with van der Waals surface area (Å²) >= 11 is 2.99. The van der Waals surface area contributed by atoms with Crippen molar-refractivity contribution in [3.63, 3.8) is 0 Å². The summed E-state index contributed by atoms with van der Waals surface area (Å²) in [5.41, 5.74) is 0.977. The van der Waals surface area contributed by atoms with Crippen LogP contribution in [-0.2, 0) is 0 Å². The molecule has 0 saturated heterocycles. The van der Waals surface area contributed by atoms with Crippen molar-refractivity contribution in [3.05, 3.63) is 22.5 Å². The molecule has 3 aromatic heterocycles. The quantitative estimate of drug-likeness (QED) is 0.759. The van der Waals surface area contributed by atoms with Crippen LogP contribution in [0.5, 0.6) is 0 Å². The number of carbonyl (C=O) groups is 1. The van der Waals surface area contributed by atoms with Crippen molar-refractivity contribution < 1.29 is 9.90 Å². The average molecular weight is 323 g/mol. The van der Waals surface area contributed by atoms with Crippen molar-refractivity contribution in [2.75, 3.05) is 6.61 Å². The molecule has 0 fully saturated rings. The molecule has 112 valence electrons. The van der Waals surface area contributed by atoms with Gasteiger partial charge in [-0.05, 0) is 18.4 Å². The Morgan fingerprint density at radius 3 is 3.05 bits per heavy atom. The highest BCUT2D eigenvalue weighted by Gasteiger charge is 2.19. The molecular formula is C14H17N3O2S2. The lowest BCUT2D eigenvalue weighted by Gasteiger charge is -2.20. The van der Waals surface area contributed by atoms with Gasteiger partial charge in [-0.1, -0.05) is 13.8 Å². The molecule has 0 bridgehead atoms. The molecule has 0 aliphatic heterocycles. The van der Waals surface area contributed by atoms with Crippen molar-refractivity contribution in [2.24, 2.45) is 5.92 Å². The Kier molecular flexibility index (Phi) is 3.97. The number of carbonyl (C=O) groups excluding carboxylic acids is 1. The summed E-state index contributed by atoms with van der Waals surface area (Å²) in [5, 5.41) is 14.1. The molecule has 0 saturated carbocycles. The molecule has 1 atom stereocenters. The van der Waals surface area contributed by atoms with Gasteiger partial charge in [0.2, 0.25) is 0 Å². The van der Waals surface area contributed by atoms with Crippen LogP contribution >= 0.6 is 22.7 Å². The van der Waals surface area contributed by atoms with Gasteiger partial charge in [-0.3, -0.25) is 9.20 Å². The topological polar surface area (TPSA) is 66.6 Å². The van der Waals surface area contributed by atoms with Gasteiger partial charge in [0.25, 0.3) is 5.91 Å². The van der Waals surface area contributed by atoms with E-state index in [4.69, 9.17) is 5.11 Å². The molecule has 0 radical (unpaired) electrons. The van der Waals surface area contributed by atoms with E-state index in [1.54, 1.807) is 11.3 Å². The zero-order valence-corrected chi connectivity index (χ0v) is 13.5. The van der Waals surface area contributed by atoms with Gasteiger partial charge < -0.3 is 10.4 Å². The molecule has 1 amide bonds. The molecule has 3 aromatic rings. The molecule has 7 heteroatoms. The molecule has 3 rings (SSSR count). The molecule has 2 N–H and O–H groups in total. The van der Waals surface area contributed by atoms with Crippen LogP contribution < -0.4 is 5.32 Å². The van der Waals surface area contributed by atoms with Gasteiger partial charge in [-0.15, -0.1) is 22.7 Å². The highest BCUT2D eigenvalue weighted by atomic mass is 32.1. The highest BCUT2D eigenvalue weighted by Crippen LogP contribution is 2.28. The Morgan fingerprint density at radius 2 is 2.33 bits per heavy atom. The van der Waals surface area contributed by atoms with Crippen molar-refractivity contribution in [1.29, 1.82) is 0 Å². The second kappa shape index (κ2) is 5.75. The minimum Gasteiger partial charge on any atom is -0.396 e. The summed E-state index contributed by atoms with van der Waals surface area (Å²) in [4.78, 5) is 19.4. The van der Waals surface area contributed by atoms with E-state index in [2.05, 4.69) is 10.3 Å². The summed E-state index contributed by atoms with van der Waals surface area (Å²) in [6, 6.07) is 1.87. The second-order valence-corrected chi connectivity index (χ2v) is 7.21. The molecule has 3 heterocycles. The third kappa shape index (κ3) is 2.68. The Balaban J connectivity index is 1.85. The summed E-state index contributed by atoms with van der Waals surface area (Å²) < 4.78 is 2.00. The number of fused-ring (bicyclic) bond motifs is 3. The predicted octanol–water partition coefficient (Wildman–Crippen LogP) is 2.75. The number of hydrogen-bond donors (Lipinski definition) is 2. The van der Waals surface area contributed by atoms with Gasteiger partial charge in [0.1, 0.15) is 4.83 Å². The van der Waals surface area contributed by atoms with Gasteiger partial charge in [0.05, 0.1) is 10.4 Å². The number of hydrogen-bond acceptors (Lipinski definition) is 5. The standard InChI is InChI=1S/C14H17N3O2S2/c1-8(2)9(3-5-18)15-12(19)11-7-10-13(21-11)16-14-17(10)4-6-20-14/h4,6-9,18H,3,5H2,1-2H3,(H,15,19). The minimum atomic E-state index is -0.0888. The minimum absolute atomic E-state index is 0.0132. The smallest absolute Gasteiger partial charge is 0.261 e. The van der Waals surface area contributed by atoms with Gasteiger partial charge >= 0.3 is 0 Å². The van der Waals surface area contributed by atoms with Gasteiger partial charge in [-0.2, -0.15) is 0 Å². The van der Waals surface area contributed by atoms with E-state index in [1.807, 2.05) is 35.9 Å². The number of nitrogens with zero attached hydrogens (tertiary/aromatic N) is 2. The van der Waals surface area contributed by atoms with Crippen molar-refractivity contribution in [1.82, 2.24) is 14.7 Å². The SMILES string of the molecule is CC(C)C(CCO)NC(=O)c1cc2c(nc3sccn32)s1. The van der Waals surface area contributed by atoms with Crippen LogP contribution in [-0.4, -0.2) is 33.0 Å². The number of rotatable bonds is 5. The predicted molar refractivity (Wildman–Crippen MR) is 86.2 cm³/mol. The molecule has 21 heavy (non-hydrogen) atoms. The van der Waals surface area contributed by atoms with Crippen LogP contribution in [0.3, 0.4) is 0 Å². The van der Waals surface area contributed by atoms with Crippen molar-refractivity contribution in [3.8, 4) is 0 Å². The van der Waals surface area contributed by atoms with Gasteiger partial charge in [0, 0.05) is 24.2 Å². The molecule has 0 aromatic carbocycles. The summed E-state index contributed by atoms with van der Waals surface area (Å²) in [6.07, 6.45) is 2.54. The van der Waals surface area contributed by atoms with E-state index >= 15 is 0 Å². The maximum absolute atomic E-state index is 12.4. The van der Waals surface area contributed by atoms with E-state index in [0.29, 0.717) is 11.3 Å². The number of thiazole rings is 1. The first-order valence-electron chi connectivity index (χ1n) is 6.87. The first kappa shape index (κ1) is 14.5. The monoisotopic (exact) mass is 323 g/mol. The number of amides is 1. The fourth-order valence-electron chi connectivity index (χ4n) is 2.31. The maximum Gasteiger partial charge on any atom is 0.261 e. The summed E-state index contributed by atoms with van der Waals surface area (Å²) in [7, 11) is 0. The Morgan fingerprint density at radius 1 is 1.52 bits per heavy atom. The molecule has 0 aliphatic rings. The number of aliphatic hydroxyl groups is 1. The van der Waals surface area contributed by atoms with E-state index in [1.165, 1.54) is 11.3 Å². The van der Waals surface area contributed by atoms with Crippen LogP contribution in [0.1, 0.15) is 29.9 Å². The molecule has 1 unspecified atom stereocenters. The Labute approximate surface area is 130 Å². The zero-order valence-electron chi connectivity index (χ0n) is 11.9.